The third kappa shape index (κ3) is 3.82. The maximum absolute atomic E-state index is 12.7. The Morgan fingerprint density at radius 1 is 1.24 bits per heavy atom. The first kappa shape index (κ1) is 15.0. The number of nitrogens with zero attached hydrogens (tertiary/aromatic N) is 2. The molecule has 0 aliphatic heterocycles. The molecule has 9 heteroatoms. The second-order valence-electron chi connectivity index (χ2n) is 4.01. The molecule has 0 unspecified atom stereocenters. The zero-order valence-electron chi connectivity index (χ0n) is 10.3. The molecule has 3 N–H and O–H groups in total. The largest absolute Gasteiger partial charge is 0.416 e. The molecule has 0 spiro atoms. The Morgan fingerprint density at radius 3 is 2.57 bits per heavy atom. The number of nitrogen functional groups attached to an aromatic ring is 1. The van der Waals surface area contributed by atoms with E-state index in [2.05, 4.69) is 15.3 Å². The molecule has 0 saturated carbocycles. The summed E-state index contributed by atoms with van der Waals surface area (Å²) < 4.78 is 38.0. The maximum Gasteiger partial charge on any atom is 0.416 e. The first-order valence-corrected chi connectivity index (χ1v) is 5.90. The summed E-state index contributed by atoms with van der Waals surface area (Å²) in [6.07, 6.45) is -2.19. The van der Waals surface area contributed by atoms with E-state index in [1.807, 2.05) is 0 Å². The predicted molar refractivity (Wildman–Crippen MR) is 70.9 cm³/mol. The van der Waals surface area contributed by atoms with Gasteiger partial charge in [-0.05, 0) is 18.2 Å². The zero-order valence-corrected chi connectivity index (χ0v) is 11.0. The van der Waals surface area contributed by atoms with Crippen LogP contribution in [0.3, 0.4) is 0 Å². The van der Waals surface area contributed by atoms with E-state index in [-0.39, 0.29) is 22.2 Å². The lowest BCUT2D eigenvalue weighted by Gasteiger charge is -2.10. The number of hydrogen-bond acceptors (Lipinski definition) is 4. The molecule has 0 aliphatic rings. The average Bonchev–Trinajstić information content (AvgIpc) is 2.37. The second kappa shape index (κ2) is 5.57. The van der Waals surface area contributed by atoms with Crippen molar-refractivity contribution >= 4 is 29.0 Å². The smallest absolute Gasteiger partial charge is 0.382 e. The lowest BCUT2D eigenvalue weighted by atomic mass is 10.2. The van der Waals surface area contributed by atoms with Crippen molar-refractivity contribution in [2.75, 3.05) is 11.1 Å². The van der Waals surface area contributed by atoms with E-state index in [4.69, 9.17) is 17.3 Å². The molecule has 1 aromatic heterocycles. The van der Waals surface area contributed by atoms with Crippen LogP contribution in [-0.2, 0) is 6.18 Å². The number of halogens is 4. The average molecular weight is 317 g/mol. The van der Waals surface area contributed by atoms with Crippen LogP contribution < -0.4 is 11.1 Å². The van der Waals surface area contributed by atoms with Crippen LogP contribution in [-0.4, -0.2) is 15.9 Å². The lowest BCUT2D eigenvalue weighted by molar-refractivity contribution is -0.137. The number of carbonyl (C=O) groups excluding carboxylic acids is 1. The molecule has 2 aromatic rings. The van der Waals surface area contributed by atoms with Gasteiger partial charge in [0.15, 0.2) is 0 Å². The fraction of sp³-hybridized carbons (Fsp3) is 0.0833. The number of alkyl halides is 3. The van der Waals surface area contributed by atoms with E-state index >= 15 is 0 Å². The van der Waals surface area contributed by atoms with Crippen molar-refractivity contribution in [2.24, 2.45) is 0 Å². The summed E-state index contributed by atoms with van der Waals surface area (Å²) in [5.74, 6) is -0.727. The molecule has 1 heterocycles. The van der Waals surface area contributed by atoms with Gasteiger partial charge in [-0.3, -0.25) is 9.78 Å². The fourth-order valence-electron chi connectivity index (χ4n) is 1.51. The first-order chi connectivity index (χ1) is 9.75. The van der Waals surface area contributed by atoms with Gasteiger partial charge in [0.25, 0.3) is 5.91 Å². The number of nitrogens with one attached hydrogen (secondary N) is 1. The van der Waals surface area contributed by atoms with Gasteiger partial charge in [-0.1, -0.05) is 11.6 Å². The lowest BCUT2D eigenvalue weighted by Crippen LogP contribution is -2.15. The quantitative estimate of drug-likeness (QED) is 0.892. The van der Waals surface area contributed by atoms with Crippen LogP contribution >= 0.6 is 11.6 Å². The summed E-state index contributed by atoms with van der Waals surface area (Å²) in [6.45, 7) is 0. The van der Waals surface area contributed by atoms with E-state index in [9.17, 15) is 18.0 Å². The van der Waals surface area contributed by atoms with Gasteiger partial charge >= 0.3 is 6.18 Å². The van der Waals surface area contributed by atoms with Gasteiger partial charge in [-0.15, -0.1) is 0 Å². The minimum Gasteiger partial charge on any atom is -0.382 e. The van der Waals surface area contributed by atoms with Crippen LogP contribution in [0, 0.1) is 0 Å². The molecular weight excluding hydrogens is 309 g/mol. The maximum atomic E-state index is 12.7. The number of hydrogen-bond donors (Lipinski definition) is 2. The van der Waals surface area contributed by atoms with Crippen molar-refractivity contribution in [2.45, 2.75) is 6.18 Å². The Kier molecular flexibility index (Phi) is 3.99. The Labute approximate surface area is 122 Å². The Morgan fingerprint density at radius 2 is 1.95 bits per heavy atom. The fourth-order valence-corrected chi connectivity index (χ4v) is 1.75. The number of amides is 1. The van der Waals surface area contributed by atoms with Crippen molar-refractivity contribution in [3.8, 4) is 0 Å². The van der Waals surface area contributed by atoms with Crippen molar-refractivity contribution in [3.05, 3.63) is 46.9 Å². The first-order valence-electron chi connectivity index (χ1n) is 5.52. The van der Waals surface area contributed by atoms with Crippen LogP contribution in [0.25, 0.3) is 0 Å². The summed E-state index contributed by atoms with van der Waals surface area (Å²) in [5, 5.41) is 2.10. The normalized spacial score (nSPS) is 11.2. The van der Waals surface area contributed by atoms with Crippen molar-refractivity contribution in [1.82, 2.24) is 9.97 Å². The predicted octanol–water partition coefficient (Wildman–Crippen LogP) is 2.98. The summed E-state index contributed by atoms with van der Waals surface area (Å²) >= 11 is 5.61. The van der Waals surface area contributed by atoms with Gasteiger partial charge in [-0.25, -0.2) is 4.98 Å². The minimum absolute atomic E-state index is 0.0183. The van der Waals surface area contributed by atoms with Gasteiger partial charge in [0, 0.05) is 10.7 Å². The van der Waals surface area contributed by atoms with Crippen molar-refractivity contribution in [1.29, 1.82) is 0 Å². The van der Waals surface area contributed by atoms with Crippen LogP contribution in [0.2, 0.25) is 5.02 Å². The van der Waals surface area contributed by atoms with Crippen LogP contribution in [0.4, 0.5) is 24.7 Å². The molecule has 110 valence electrons. The molecule has 21 heavy (non-hydrogen) atoms. The highest BCUT2D eigenvalue weighted by Crippen LogP contribution is 2.33. The van der Waals surface area contributed by atoms with E-state index in [0.717, 1.165) is 18.3 Å². The van der Waals surface area contributed by atoms with Crippen LogP contribution in [0.1, 0.15) is 16.1 Å². The third-order valence-corrected chi connectivity index (χ3v) is 2.59. The number of benzene rings is 1. The molecule has 0 aliphatic carbocycles. The van der Waals surface area contributed by atoms with Gasteiger partial charge in [0.2, 0.25) is 0 Å². The highest BCUT2D eigenvalue weighted by Gasteiger charge is 2.31. The molecule has 0 fully saturated rings. The minimum atomic E-state index is -4.57. The molecule has 1 amide bonds. The van der Waals surface area contributed by atoms with Gasteiger partial charge < -0.3 is 11.1 Å². The van der Waals surface area contributed by atoms with Gasteiger partial charge in [0.05, 0.1) is 18.0 Å². The number of nitrogens with two attached hydrogens (primary N) is 1. The molecule has 5 nitrogen and oxygen atoms in total. The van der Waals surface area contributed by atoms with Crippen LogP contribution in [0.5, 0.6) is 0 Å². The van der Waals surface area contributed by atoms with Gasteiger partial charge in [0.1, 0.15) is 11.5 Å². The van der Waals surface area contributed by atoms with Crippen molar-refractivity contribution in [3.63, 3.8) is 0 Å². The van der Waals surface area contributed by atoms with Gasteiger partial charge in [-0.2, -0.15) is 13.2 Å². The molecule has 0 atom stereocenters. The number of rotatable bonds is 2. The number of carbonyl (C=O) groups is 1. The van der Waals surface area contributed by atoms with E-state index < -0.39 is 17.6 Å². The molecule has 1 aromatic carbocycles. The Balaban J connectivity index is 2.27. The second-order valence-corrected chi connectivity index (χ2v) is 4.45. The van der Waals surface area contributed by atoms with E-state index in [1.165, 1.54) is 12.3 Å². The SMILES string of the molecule is Nc1cncc(C(=O)Nc2cc(Cl)cc(C(F)(F)F)c2)n1. The summed E-state index contributed by atoms with van der Waals surface area (Å²) in [6, 6.07) is 2.72. The topological polar surface area (TPSA) is 80.9 Å². The highest BCUT2D eigenvalue weighted by atomic mass is 35.5. The van der Waals surface area contributed by atoms with E-state index in [0.29, 0.717) is 0 Å². The Bertz CT molecular complexity index is 690. The highest BCUT2D eigenvalue weighted by molar-refractivity contribution is 6.31. The summed E-state index contributed by atoms with van der Waals surface area (Å²) in [5.41, 5.74) is 4.17. The number of anilines is 2. The molecule has 0 bridgehead atoms. The van der Waals surface area contributed by atoms with Crippen molar-refractivity contribution < 1.29 is 18.0 Å². The zero-order chi connectivity index (χ0) is 15.6. The molecule has 2 rings (SSSR count). The molecule has 0 saturated heterocycles. The standard InChI is InChI=1S/C12H8ClF3N4O/c13-7-1-6(12(14,15)16)2-8(3-7)19-11(21)9-4-18-5-10(17)20-9/h1-5H,(H2,17,20)(H,19,21). The van der Waals surface area contributed by atoms with E-state index in [1.54, 1.807) is 0 Å². The monoisotopic (exact) mass is 316 g/mol. The number of aromatic nitrogens is 2. The molecule has 0 radical (unpaired) electrons. The summed E-state index contributed by atoms with van der Waals surface area (Å²) in [4.78, 5) is 19.2. The molecular formula is C12H8ClF3N4O. The Hall–Kier alpha value is -2.35. The third-order valence-electron chi connectivity index (χ3n) is 2.37. The summed E-state index contributed by atoms with van der Waals surface area (Å²) in [7, 11) is 0. The van der Waals surface area contributed by atoms with Crippen LogP contribution in [0.15, 0.2) is 30.6 Å².